The standard InChI is InChI=1S/C12H19ClN2O/c1-15(2)12-6-4-5-11(13)10(12)9-14-7-8-16-3/h4-6,14H,7-9H2,1-3H3. The van der Waals surface area contributed by atoms with Gasteiger partial charge in [-0.25, -0.2) is 0 Å². The molecule has 0 aliphatic carbocycles. The second-order valence-corrected chi connectivity index (χ2v) is 4.21. The summed E-state index contributed by atoms with van der Waals surface area (Å²) >= 11 is 6.19. The van der Waals surface area contributed by atoms with E-state index >= 15 is 0 Å². The summed E-state index contributed by atoms with van der Waals surface area (Å²) in [5, 5.41) is 4.10. The van der Waals surface area contributed by atoms with E-state index < -0.39 is 0 Å². The van der Waals surface area contributed by atoms with Crippen LogP contribution < -0.4 is 10.2 Å². The normalized spacial score (nSPS) is 10.5. The van der Waals surface area contributed by atoms with Gasteiger partial charge in [0, 0.05) is 50.6 Å². The first-order valence-electron chi connectivity index (χ1n) is 5.31. The maximum Gasteiger partial charge on any atom is 0.0587 e. The zero-order chi connectivity index (χ0) is 12.0. The molecule has 0 heterocycles. The second kappa shape index (κ2) is 6.74. The first-order chi connectivity index (χ1) is 7.66. The SMILES string of the molecule is COCCNCc1c(Cl)cccc1N(C)C. The van der Waals surface area contributed by atoms with E-state index in [1.54, 1.807) is 7.11 Å². The first kappa shape index (κ1) is 13.3. The predicted molar refractivity (Wildman–Crippen MR) is 69.4 cm³/mol. The van der Waals surface area contributed by atoms with Crippen molar-refractivity contribution in [3.8, 4) is 0 Å². The van der Waals surface area contributed by atoms with Crippen molar-refractivity contribution >= 4 is 17.3 Å². The summed E-state index contributed by atoms with van der Waals surface area (Å²) in [6, 6.07) is 5.96. The van der Waals surface area contributed by atoms with Crippen LogP contribution >= 0.6 is 11.6 Å². The van der Waals surface area contributed by atoms with Crippen molar-refractivity contribution in [2.75, 3.05) is 39.3 Å². The Kier molecular flexibility index (Phi) is 5.60. The van der Waals surface area contributed by atoms with Crippen LogP contribution in [0, 0.1) is 0 Å². The lowest BCUT2D eigenvalue weighted by Crippen LogP contribution is -2.21. The molecule has 0 aromatic heterocycles. The molecule has 0 atom stereocenters. The topological polar surface area (TPSA) is 24.5 Å². The molecule has 0 aliphatic rings. The van der Waals surface area contributed by atoms with E-state index in [4.69, 9.17) is 16.3 Å². The third kappa shape index (κ3) is 3.67. The van der Waals surface area contributed by atoms with Gasteiger partial charge in [-0.3, -0.25) is 0 Å². The average molecular weight is 243 g/mol. The zero-order valence-electron chi connectivity index (χ0n) is 10.1. The third-order valence-corrected chi connectivity index (χ3v) is 2.71. The molecule has 0 bridgehead atoms. The van der Waals surface area contributed by atoms with E-state index in [0.29, 0.717) is 6.61 Å². The number of nitrogens with zero attached hydrogens (tertiary/aromatic N) is 1. The summed E-state index contributed by atoms with van der Waals surface area (Å²) in [5.74, 6) is 0. The Balaban J connectivity index is 2.69. The van der Waals surface area contributed by atoms with Crippen molar-refractivity contribution in [1.29, 1.82) is 0 Å². The van der Waals surface area contributed by atoms with Crippen LogP contribution in [0.5, 0.6) is 0 Å². The van der Waals surface area contributed by atoms with Gasteiger partial charge in [-0.05, 0) is 12.1 Å². The molecule has 16 heavy (non-hydrogen) atoms. The Morgan fingerprint density at radius 1 is 1.38 bits per heavy atom. The summed E-state index contributed by atoms with van der Waals surface area (Å²) in [4.78, 5) is 2.07. The van der Waals surface area contributed by atoms with Gasteiger partial charge in [0.15, 0.2) is 0 Å². The number of benzene rings is 1. The van der Waals surface area contributed by atoms with Crippen molar-refractivity contribution in [2.45, 2.75) is 6.54 Å². The molecular formula is C12H19ClN2O. The van der Waals surface area contributed by atoms with Crippen LogP contribution in [-0.2, 0) is 11.3 Å². The van der Waals surface area contributed by atoms with Crippen LogP contribution in [0.3, 0.4) is 0 Å². The van der Waals surface area contributed by atoms with Crippen LogP contribution in [0.25, 0.3) is 0 Å². The van der Waals surface area contributed by atoms with Gasteiger partial charge in [0.05, 0.1) is 6.61 Å². The Morgan fingerprint density at radius 3 is 2.75 bits per heavy atom. The molecule has 0 spiro atoms. The third-order valence-electron chi connectivity index (χ3n) is 2.36. The molecule has 0 amide bonds. The van der Waals surface area contributed by atoms with E-state index in [1.165, 1.54) is 0 Å². The number of rotatable bonds is 6. The molecule has 0 radical (unpaired) electrons. The predicted octanol–water partition coefficient (Wildman–Crippen LogP) is 2.14. The summed E-state index contributed by atoms with van der Waals surface area (Å²) in [7, 11) is 5.73. The van der Waals surface area contributed by atoms with Gasteiger partial charge in [0.2, 0.25) is 0 Å². The molecule has 0 unspecified atom stereocenters. The van der Waals surface area contributed by atoms with Crippen LogP contribution in [0.4, 0.5) is 5.69 Å². The molecule has 1 aromatic rings. The number of anilines is 1. The Bertz CT molecular complexity index is 329. The maximum absolute atomic E-state index is 6.19. The highest BCUT2D eigenvalue weighted by molar-refractivity contribution is 6.31. The molecule has 1 N–H and O–H groups in total. The van der Waals surface area contributed by atoms with Gasteiger partial charge < -0.3 is 15.0 Å². The average Bonchev–Trinajstić information content (AvgIpc) is 2.25. The van der Waals surface area contributed by atoms with E-state index in [-0.39, 0.29) is 0 Å². The number of methoxy groups -OCH3 is 1. The molecule has 0 saturated heterocycles. The van der Waals surface area contributed by atoms with Crippen LogP contribution in [0.2, 0.25) is 5.02 Å². The molecule has 3 nitrogen and oxygen atoms in total. The maximum atomic E-state index is 6.19. The van der Waals surface area contributed by atoms with Gasteiger partial charge in [-0.1, -0.05) is 17.7 Å². The van der Waals surface area contributed by atoms with Crippen molar-refractivity contribution in [3.63, 3.8) is 0 Å². The Labute approximate surface area is 102 Å². The summed E-state index contributed by atoms with van der Waals surface area (Å²) in [5.41, 5.74) is 2.28. The lowest BCUT2D eigenvalue weighted by atomic mass is 10.1. The van der Waals surface area contributed by atoms with Crippen molar-refractivity contribution < 1.29 is 4.74 Å². The fraction of sp³-hybridized carbons (Fsp3) is 0.500. The van der Waals surface area contributed by atoms with Crippen LogP contribution in [0.1, 0.15) is 5.56 Å². The smallest absolute Gasteiger partial charge is 0.0587 e. The summed E-state index contributed by atoms with van der Waals surface area (Å²) in [6.07, 6.45) is 0. The van der Waals surface area contributed by atoms with Gasteiger partial charge in [-0.15, -0.1) is 0 Å². The molecule has 1 rings (SSSR count). The van der Waals surface area contributed by atoms with E-state index in [2.05, 4.69) is 16.3 Å². The molecule has 0 fully saturated rings. The Morgan fingerprint density at radius 2 is 2.12 bits per heavy atom. The highest BCUT2D eigenvalue weighted by Gasteiger charge is 2.07. The zero-order valence-corrected chi connectivity index (χ0v) is 10.8. The molecule has 0 saturated carbocycles. The number of hydrogen-bond acceptors (Lipinski definition) is 3. The number of hydrogen-bond donors (Lipinski definition) is 1. The minimum absolute atomic E-state index is 0.710. The van der Waals surface area contributed by atoms with Crippen molar-refractivity contribution in [2.24, 2.45) is 0 Å². The van der Waals surface area contributed by atoms with Gasteiger partial charge >= 0.3 is 0 Å². The van der Waals surface area contributed by atoms with Gasteiger partial charge in [0.25, 0.3) is 0 Å². The number of ether oxygens (including phenoxy) is 1. The number of halogens is 1. The summed E-state index contributed by atoms with van der Waals surface area (Å²) in [6.45, 7) is 2.30. The fourth-order valence-corrected chi connectivity index (χ4v) is 1.77. The minimum atomic E-state index is 0.710. The molecule has 1 aromatic carbocycles. The summed E-state index contributed by atoms with van der Waals surface area (Å²) < 4.78 is 4.98. The lowest BCUT2D eigenvalue weighted by molar-refractivity contribution is 0.199. The molecule has 90 valence electrons. The molecule has 4 heteroatoms. The lowest BCUT2D eigenvalue weighted by Gasteiger charge is -2.18. The Hall–Kier alpha value is -0.770. The highest BCUT2D eigenvalue weighted by Crippen LogP contribution is 2.25. The quantitative estimate of drug-likeness (QED) is 0.774. The minimum Gasteiger partial charge on any atom is -0.383 e. The van der Waals surface area contributed by atoms with Gasteiger partial charge in [0.1, 0.15) is 0 Å². The fourth-order valence-electron chi connectivity index (χ4n) is 1.53. The molecular weight excluding hydrogens is 224 g/mol. The van der Waals surface area contributed by atoms with Crippen LogP contribution in [-0.4, -0.2) is 34.4 Å². The van der Waals surface area contributed by atoms with Gasteiger partial charge in [-0.2, -0.15) is 0 Å². The molecule has 0 aliphatic heterocycles. The van der Waals surface area contributed by atoms with Crippen LogP contribution in [0.15, 0.2) is 18.2 Å². The second-order valence-electron chi connectivity index (χ2n) is 3.80. The number of nitrogens with one attached hydrogen (secondary N) is 1. The van der Waals surface area contributed by atoms with Crippen molar-refractivity contribution in [1.82, 2.24) is 5.32 Å². The largest absolute Gasteiger partial charge is 0.383 e. The van der Waals surface area contributed by atoms with Crippen molar-refractivity contribution in [3.05, 3.63) is 28.8 Å². The van der Waals surface area contributed by atoms with E-state index in [0.717, 1.165) is 29.4 Å². The highest BCUT2D eigenvalue weighted by atomic mass is 35.5. The monoisotopic (exact) mass is 242 g/mol. The van der Waals surface area contributed by atoms with E-state index in [1.807, 2.05) is 26.2 Å². The first-order valence-corrected chi connectivity index (χ1v) is 5.69. The van der Waals surface area contributed by atoms with E-state index in [9.17, 15) is 0 Å².